The van der Waals surface area contributed by atoms with Gasteiger partial charge in [0.2, 0.25) is 0 Å². The molecule has 4 N–H and O–H groups in total. The fourth-order valence-corrected chi connectivity index (χ4v) is 6.88. The smallest absolute Gasteiger partial charge is 0.142 e. The van der Waals surface area contributed by atoms with Crippen LogP contribution in [0.15, 0.2) is 188 Å². The third kappa shape index (κ3) is 11.7. The second-order valence-corrected chi connectivity index (χ2v) is 14.3. The average Bonchev–Trinajstić information content (AvgIpc) is 3.28. The fraction of sp³-hybridized carbons (Fsp3) is 0.176. The number of benzene rings is 7. The normalized spacial score (nSPS) is 12.1. The summed E-state index contributed by atoms with van der Waals surface area (Å²) in [6.07, 6.45) is -0.0739. The Morgan fingerprint density at radius 3 is 1.36 bits per heavy atom. The molecule has 0 amide bonds. The van der Waals surface area contributed by atoms with Gasteiger partial charge in [0.15, 0.2) is 0 Å². The maximum Gasteiger partial charge on any atom is 0.142 e. The van der Waals surface area contributed by atoms with E-state index in [-0.39, 0.29) is 18.6 Å². The Balaban J connectivity index is 1.07. The monoisotopic (exact) mass is 770 g/mol. The zero-order valence-electron chi connectivity index (χ0n) is 32.5. The molecule has 0 saturated carbocycles. The molecular formula is C51H50N2O5. The molecule has 0 aliphatic carbocycles. The predicted octanol–water partition coefficient (Wildman–Crippen LogP) is 9.78. The Morgan fingerprint density at radius 2 is 0.897 bits per heavy atom. The van der Waals surface area contributed by atoms with Crippen molar-refractivity contribution in [3.8, 4) is 23.0 Å². The number of nitrogen functional groups attached to an aromatic ring is 1. The highest BCUT2D eigenvalue weighted by atomic mass is 16.5. The third-order valence-electron chi connectivity index (χ3n) is 9.95. The zero-order chi connectivity index (χ0) is 39.8. The molecule has 7 aromatic rings. The van der Waals surface area contributed by atoms with Gasteiger partial charge in [0, 0.05) is 24.6 Å². The summed E-state index contributed by atoms with van der Waals surface area (Å²) in [4.78, 5) is 0. The van der Waals surface area contributed by atoms with Gasteiger partial charge in [-0.2, -0.15) is 0 Å². The SMILES string of the molecule is Nc1cc(OC[C@@H](O)CNC(Cc2ccccc2)C(c2ccc(OCc3ccccc3)cc2)c2ccc(OCc3ccccc3)cc2)ccc1OCc1ccccc1. The molecule has 7 nitrogen and oxygen atoms in total. The predicted molar refractivity (Wildman–Crippen MR) is 231 cm³/mol. The number of ether oxygens (including phenoxy) is 4. The molecule has 7 aromatic carbocycles. The molecule has 0 aliphatic rings. The highest BCUT2D eigenvalue weighted by Crippen LogP contribution is 2.33. The van der Waals surface area contributed by atoms with Gasteiger partial charge in [-0.05, 0) is 76.2 Å². The number of nitrogens with one attached hydrogen (secondary N) is 1. The second kappa shape index (κ2) is 20.6. The van der Waals surface area contributed by atoms with Crippen molar-refractivity contribution in [3.05, 3.63) is 221 Å². The molecule has 0 aliphatic heterocycles. The van der Waals surface area contributed by atoms with Crippen LogP contribution in [0.25, 0.3) is 0 Å². The Morgan fingerprint density at radius 1 is 0.466 bits per heavy atom. The summed E-state index contributed by atoms with van der Waals surface area (Å²) in [5.41, 5.74) is 13.5. The summed E-state index contributed by atoms with van der Waals surface area (Å²) in [6.45, 7) is 1.79. The largest absolute Gasteiger partial charge is 0.491 e. The molecule has 0 fully saturated rings. The molecule has 1 unspecified atom stereocenters. The van der Waals surface area contributed by atoms with Crippen LogP contribution in [-0.2, 0) is 26.2 Å². The van der Waals surface area contributed by atoms with Crippen molar-refractivity contribution in [3.63, 3.8) is 0 Å². The van der Waals surface area contributed by atoms with E-state index in [9.17, 15) is 5.11 Å². The first-order chi connectivity index (χ1) is 28.6. The maximum atomic E-state index is 11.3. The van der Waals surface area contributed by atoms with Crippen LogP contribution >= 0.6 is 0 Å². The van der Waals surface area contributed by atoms with Crippen LogP contribution in [0, 0.1) is 0 Å². The van der Waals surface area contributed by atoms with E-state index in [1.54, 1.807) is 12.1 Å². The van der Waals surface area contributed by atoms with E-state index in [2.05, 4.69) is 78.1 Å². The molecule has 2 atom stereocenters. The first-order valence-corrected chi connectivity index (χ1v) is 19.7. The number of nitrogens with two attached hydrogens (primary N) is 1. The van der Waals surface area contributed by atoms with E-state index in [1.807, 2.05) is 103 Å². The fourth-order valence-electron chi connectivity index (χ4n) is 6.88. The summed E-state index contributed by atoms with van der Waals surface area (Å²) in [6, 6.07) is 62.7. The Kier molecular flexibility index (Phi) is 14.1. The van der Waals surface area contributed by atoms with Crippen LogP contribution in [0.5, 0.6) is 23.0 Å². The van der Waals surface area contributed by atoms with Crippen LogP contribution in [0.4, 0.5) is 5.69 Å². The molecule has 0 bridgehead atoms. The maximum absolute atomic E-state index is 11.3. The average molecular weight is 771 g/mol. The van der Waals surface area contributed by atoms with E-state index in [4.69, 9.17) is 24.7 Å². The van der Waals surface area contributed by atoms with Crippen molar-refractivity contribution in [2.24, 2.45) is 0 Å². The van der Waals surface area contributed by atoms with E-state index in [0.29, 0.717) is 43.6 Å². The van der Waals surface area contributed by atoms with Crippen LogP contribution in [-0.4, -0.2) is 30.4 Å². The molecular weight excluding hydrogens is 721 g/mol. The molecule has 0 radical (unpaired) electrons. The Labute approximate surface area is 341 Å². The number of hydrogen-bond acceptors (Lipinski definition) is 7. The highest BCUT2D eigenvalue weighted by molar-refractivity contribution is 5.56. The van der Waals surface area contributed by atoms with Crippen LogP contribution in [0.1, 0.15) is 39.3 Å². The van der Waals surface area contributed by atoms with E-state index >= 15 is 0 Å². The second-order valence-electron chi connectivity index (χ2n) is 14.3. The zero-order valence-corrected chi connectivity index (χ0v) is 32.5. The molecule has 0 spiro atoms. The van der Waals surface area contributed by atoms with Crippen molar-refractivity contribution in [2.45, 2.75) is 44.3 Å². The van der Waals surface area contributed by atoms with Gasteiger partial charge in [-0.15, -0.1) is 0 Å². The van der Waals surface area contributed by atoms with E-state index < -0.39 is 6.10 Å². The highest BCUT2D eigenvalue weighted by Gasteiger charge is 2.26. The Bertz CT molecular complexity index is 2150. The van der Waals surface area contributed by atoms with Gasteiger partial charge in [-0.25, -0.2) is 0 Å². The molecule has 0 saturated heterocycles. The molecule has 294 valence electrons. The van der Waals surface area contributed by atoms with Gasteiger partial charge >= 0.3 is 0 Å². The van der Waals surface area contributed by atoms with Crippen molar-refractivity contribution in [1.82, 2.24) is 5.32 Å². The van der Waals surface area contributed by atoms with Crippen molar-refractivity contribution < 1.29 is 24.1 Å². The molecule has 58 heavy (non-hydrogen) atoms. The van der Waals surface area contributed by atoms with Crippen LogP contribution in [0.2, 0.25) is 0 Å². The number of rotatable bonds is 20. The lowest BCUT2D eigenvalue weighted by Crippen LogP contribution is -2.43. The first-order valence-electron chi connectivity index (χ1n) is 19.7. The van der Waals surface area contributed by atoms with E-state index in [0.717, 1.165) is 45.7 Å². The summed E-state index contributed by atoms with van der Waals surface area (Å²) in [7, 11) is 0. The minimum absolute atomic E-state index is 0.0806. The molecule has 7 heteroatoms. The quantitative estimate of drug-likeness (QED) is 0.0665. The lowest BCUT2D eigenvalue weighted by molar-refractivity contribution is 0.103. The van der Waals surface area contributed by atoms with Gasteiger partial charge in [-0.3, -0.25) is 0 Å². The lowest BCUT2D eigenvalue weighted by Gasteiger charge is -2.31. The number of aliphatic hydroxyl groups is 1. The first kappa shape index (κ1) is 39.7. The Hall–Kier alpha value is -6.54. The van der Waals surface area contributed by atoms with Gasteiger partial charge in [0.25, 0.3) is 0 Å². The summed E-state index contributed by atoms with van der Waals surface area (Å²) < 4.78 is 24.3. The van der Waals surface area contributed by atoms with Gasteiger partial charge in [0.05, 0.1) is 5.69 Å². The topological polar surface area (TPSA) is 95.2 Å². The summed E-state index contributed by atoms with van der Waals surface area (Å²) >= 11 is 0. The van der Waals surface area contributed by atoms with Crippen LogP contribution < -0.4 is 30.0 Å². The minimum atomic E-state index is -0.795. The summed E-state index contributed by atoms with van der Waals surface area (Å²) in [5, 5.41) is 15.0. The number of aliphatic hydroxyl groups excluding tert-OH is 1. The lowest BCUT2D eigenvalue weighted by atomic mass is 9.82. The standard InChI is InChI=1S/C51H50N2O5/c52-48-32-47(29-30-50(48)58-36-41-19-11-4-12-20-41)57-37-44(54)33-53-49(31-38-13-5-1-6-14-38)51(42-21-25-45(26-22-42)55-34-39-15-7-2-8-16-39)43-23-27-46(28-24-43)56-35-40-17-9-3-10-18-40/h1-30,32,44,49,51,53-54H,31,33-37,52H2/t44-,49?/m0/s1. The van der Waals surface area contributed by atoms with Crippen molar-refractivity contribution >= 4 is 5.69 Å². The molecule has 0 heterocycles. The van der Waals surface area contributed by atoms with Crippen molar-refractivity contribution in [2.75, 3.05) is 18.9 Å². The third-order valence-corrected chi connectivity index (χ3v) is 9.95. The molecule has 0 aromatic heterocycles. The van der Waals surface area contributed by atoms with E-state index in [1.165, 1.54) is 5.56 Å². The summed E-state index contributed by atoms with van der Waals surface area (Å²) in [5.74, 6) is 2.66. The molecule has 7 rings (SSSR count). The minimum Gasteiger partial charge on any atom is -0.491 e. The van der Waals surface area contributed by atoms with Crippen molar-refractivity contribution in [1.29, 1.82) is 0 Å². The number of anilines is 1. The van der Waals surface area contributed by atoms with Gasteiger partial charge < -0.3 is 35.1 Å². The number of hydrogen-bond donors (Lipinski definition) is 3. The van der Waals surface area contributed by atoms with Gasteiger partial charge in [-0.1, -0.05) is 146 Å². The van der Waals surface area contributed by atoms with Gasteiger partial charge in [0.1, 0.15) is 55.5 Å². The van der Waals surface area contributed by atoms with Crippen LogP contribution in [0.3, 0.4) is 0 Å².